The zero-order chi connectivity index (χ0) is 14.1. The van der Waals surface area contributed by atoms with Crippen LogP contribution in [0.3, 0.4) is 0 Å². The van der Waals surface area contributed by atoms with Gasteiger partial charge < -0.3 is 15.2 Å². The highest BCUT2D eigenvalue weighted by atomic mass is 32.2. The van der Waals surface area contributed by atoms with Crippen LogP contribution in [0.1, 0.15) is 19.8 Å². The van der Waals surface area contributed by atoms with E-state index in [1.807, 2.05) is 31.2 Å². The van der Waals surface area contributed by atoms with Crippen molar-refractivity contribution in [1.29, 1.82) is 0 Å². The Kier molecular flexibility index (Phi) is 7.36. The molecule has 1 aromatic carbocycles. The molecular weight excluding hydrogens is 262 g/mol. The van der Waals surface area contributed by atoms with Crippen molar-refractivity contribution in [2.45, 2.75) is 30.7 Å². The Morgan fingerprint density at radius 3 is 2.63 bits per heavy atom. The molecule has 1 aromatic rings. The molecule has 106 valence electrons. The molecule has 19 heavy (non-hydrogen) atoms. The van der Waals surface area contributed by atoms with E-state index >= 15 is 0 Å². The highest BCUT2D eigenvalue weighted by molar-refractivity contribution is 7.99. The summed E-state index contributed by atoms with van der Waals surface area (Å²) in [6, 6.07) is 7.33. The van der Waals surface area contributed by atoms with Crippen LogP contribution in [-0.4, -0.2) is 36.5 Å². The molecule has 0 aromatic heterocycles. The maximum atomic E-state index is 11.0. The largest absolute Gasteiger partial charge is 0.497 e. The fraction of sp³-hybridized carbons (Fsp3) is 0.500. The molecule has 0 radical (unpaired) electrons. The number of rotatable bonds is 9. The van der Waals surface area contributed by atoms with Crippen LogP contribution in [0.5, 0.6) is 5.75 Å². The average Bonchev–Trinajstić information content (AvgIpc) is 2.43. The molecule has 0 spiro atoms. The third kappa shape index (κ3) is 5.98. The summed E-state index contributed by atoms with van der Waals surface area (Å²) in [5, 5.41) is 12.1. The van der Waals surface area contributed by atoms with E-state index in [-0.39, 0.29) is 0 Å². The van der Waals surface area contributed by atoms with Gasteiger partial charge in [0.1, 0.15) is 11.8 Å². The van der Waals surface area contributed by atoms with E-state index in [1.54, 1.807) is 18.9 Å². The zero-order valence-electron chi connectivity index (χ0n) is 11.4. The van der Waals surface area contributed by atoms with Crippen LogP contribution in [0.4, 0.5) is 0 Å². The molecule has 0 saturated heterocycles. The number of hydrogen-bond acceptors (Lipinski definition) is 4. The molecule has 0 aliphatic rings. The number of carboxylic acid groups (broad SMARTS) is 1. The van der Waals surface area contributed by atoms with Gasteiger partial charge >= 0.3 is 5.97 Å². The molecule has 1 atom stereocenters. The van der Waals surface area contributed by atoms with Crippen LogP contribution in [0.25, 0.3) is 0 Å². The first kappa shape index (κ1) is 15.9. The van der Waals surface area contributed by atoms with Crippen molar-refractivity contribution < 1.29 is 14.6 Å². The topological polar surface area (TPSA) is 58.6 Å². The predicted molar refractivity (Wildman–Crippen MR) is 78.1 cm³/mol. The van der Waals surface area contributed by atoms with Crippen molar-refractivity contribution in [2.24, 2.45) is 0 Å². The first-order valence-electron chi connectivity index (χ1n) is 6.40. The van der Waals surface area contributed by atoms with Gasteiger partial charge in [0.05, 0.1) is 7.11 Å². The molecule has 5 heteroatoms. The summed E-state index contributed by atoms with van der Waals surface area (Å²) in [6.45, 7) is 2.77. The summed E-state index contributed by atoms with van der Waals surface area (Å²) in [5.74, 6) is 0.834. The maximum absolute atomic E-state index is 11.0. The summed E-state index contributed by atoms with van der Waals surface area (Å²) in [6.07, 6.45) is 1.56. The number of thioether (sulfide) groups is 1. The molecule has 0 saturated carbocycles. The van der Waals surface area contributed by atoms with Gasteiger partial charge in [0.25, 0.3) is 0 Å². The summed E-state index contributed by atoms with van der Waals surface area (Å²) >= 11 is 1.66. The van der Waals surface area contributed by atoms with E-state index in [9.17, 15) is 4.79 Å². The van der Waals surface area contributed by atoms with Crippen LogP contribution < -0.4 is 10.1 Å². The molecule has 2 N–H and O–H groups in total. The molecule has 1 unspecified atom stereocenters. The summed E-state index contributed by atoms with van der Waals surface area (Å²) < 4.78 is 5.09. The van der Waals surface area contributed by atoms with Crippen molar-refractivity contribution in [2.75, 3.05) is 19.4 Å². The number of nitrogens with one attached hydrogen (secondary N) is 1. The van der Waals surface area contributed by atoms with Crippen LogP contribution in [0, 0.1) is 0 Å². The molecule has 0 aliphatic heterocycles. The van der Waals surface area contributed by atoms with Crippen molar-refractivity contribution >= 4 is 17.7 Å². The summed E-state index contributed by atoms with van der Waals surface area (Å²) in [5.41, 5.74) is 0. The van der Waals surface area contributed by atoms with Gasteiger partial charge in [-0.25, -0.2) is 0 Å². The first-order valence-corrected chi connectivity index (χ1v) is 7.39. The zero-order valence-corrected chi connectivity index (χ0v) is 12.2. The monoisotopic (exact) mass is 283 g/mol. The van der Waals surface area contributed by atoms with Crippen LogP contribution in [0.15, 0.2) is 29.2 Å². The van der Waals surface area contributed by atoms with E-state index in [0.29, 0.717) is 6.42 Å². The van der Waals surface area contributed by atoms with Crippen LogP contribution >= 0.6 is 11.8 Å². The Balaban J connectivity index is 2.36. The third-order valence-corrected chi connectivity index (χ3v) is 3.72. The second-order valence-corrected chi connectivity index (χ2v) is 5.33. The van der Waals surface area contributed by atoms with E-state index < -0.39 is 12.0 Å². The number of ether oxygens (including phenoxy) is 1. The lowest BCUT2D eigenvalue weighted by Crippen LogP contribution is -2.37. The standard InChI is InChI=1S/C14H21NO3S/c1-3-9-15-13(14(16)17)8-10-19-12-6-4-11(18-2)5-7-12/h4-7,13,15H,3,8-10H2,1-2H3,(H,16,17). The predicted octanol–water partition coefficient (Wildman–Crippen LogP) is 2.63. The molecule has 1 rings (SSSR count). The van der Waals surface area contributed by atoms with E-state index in [0.717, 1.165) is 29.4 Å². The van der Waals surface area contributed by atoms with Gasteiger partial charge in [-0.2, -0.15) is 0 Å². The molecule has 4 nitrogen and oxygen atoms in total. The molecular formula is C14H21NO3S. The van der Waals surface area contributed by atoms with Gasteiger partial charge in [-0.1, -0.05) is 6.92 Å². The van der Waals surface area contributed by atoms with E-state index in [2.05, 4.69) is 5.32 Å². The van der Waals surface area contributed by atoms with E-state index in [1.165, 1.54) is 0 Å². The first-order chi connectivity index (χ1) is 9.17. The highest BCUT2D eigenvalue weighted by Crippen LogP contribution is 2.22. The number of carboxylic acids is 1. The minimum absolute atomic E-state index is 0.453. The van der Waals surface area contributed by atoms with Crippen LogP contribution in [0.2, 0.25) is 0 Å². The maximum Gasteiger partial charge on any atom is 0.320 e. The fourth-order valence-corrected chi connectivity index (χ4v) is 2.52. The van der Waals surface area contributed by atoms with Crippen molar-refractivity contribution in [3.8, 4) is 5.75 Å². The number of methoxy groups -OCH3 is 1. The van der Waals surface area contributed by atoms with Gasteiger partial charge in [0.15, 0.2) is 0 Å². The number of hydrogen-bond donors (Lipinski definition) is 2. The molecule has 0 amide bonds. The Hall–Kier alpha value is -1.20. The van der Waals surface area contributed by atoms with Crippen LogP contribution in [-0.2, 0) is 4.79 Å². The minimum Gasteiger partial charge on any atom is -0.497 e. The summed E-state index contributed by atoms with van der Waals surface area (Å²) in [4.78, 5) is 12.2. The number of benzene rings is 1. The Labute approximate surface area is 118 Å². The van der Waals surface area contributed by atoms with E-state index in [4.69, 9.17) is 9.84 Å². The normalized spacial score (nSPS) is 12.1. The third-order valence-electron chi connectivity index (χ3n) is 2.67. The SMILES string of the molecule is CCCNC(CCSc1ccc(OC)cc1)C(=O)O. The fourth-order valence-electron chi connectivity index (χ4n) is 1.60. The lowest BCUT2D eigenvalue weighted by molar-refractivity contribution is -0.139. The van der Waals surface area contributed by atoms with Crippen molar-refractivity contribution in [1.82, 2.24) is 5.32 Å². The quantitative estimate of drug-likeness (QED) is 0.682. The van der Waals surface area contributed by atoms with Gasteiger partial charge in [0.2, 0.25) is 0 Å². The lowest BCUT2D eigenvalue weighted by atomic mass is 10.2. The number of aliphatic carboxylic acids is 1. The van der Waals surface area contributed by atoms with Gasteiger partial charge in [-0.15, -0.1) is 11.8 Å². The number of carbonyl (C=O) groups is 1. The van der Waals surface area contributed by atoms with Gasteiger partial charge in [0, 0.05) is 10.6 Å². The van der Waals surface area contributed by atoms with Gasteiger partial charge in [-0.05, 0) is 43.7 Å². The molecule has 0 aliphatic carbocycles. The molecule has 0 fully saturated rings. The van der Waals surface area contributed by atoms with Crippen molar-refractivity contribution in [3.63, 3.8) is 0 Å². The minimum atomic E-state index is -0.774. The Morgan fingerprint density at radius 1 is 1.42 bits per heavy atom. The summed E-state index contributed by atoms with van der Waals surface area (Å²) in [7, 11) is 1.64. The highest BCUT2D eigenvalue weighted by Gasteiger charge is 2.15. The second kappa shape index (κ2) is 8.82. The Morgan fingerprint density at radius 2 is 2.11 bits per heavy atom. The molecule has 0 bridgehead atoms. The molecule has 0 heterocycles. The van der Waals surface area contributed by atoms with Gasteiger partial charge in [-0.3, -0.25) is 4.79 Å². The van der Waals surface area contributed by atoms with Crippen molar-refractivity contribution in [3.05, 3.63) is 24.3 Å². The average molecular weight is 283 g/mol. The smallest absolute Gasteiger partial charge is 0.320 e. The second-order valence-electron chi connectivity index (χ2n) is 4.16. The lowest BCUT2D eigenvalue weighted by Gasteiger charge is -2.13. The Bertz CT molecular complexity index is 381.